The minimum absolute atomic E-state index is 0.0112. The molecule has 1 fully saturated rings. The average Bonchev–Trinajstić information content (AvgIpc) is 3.09. The van der Waals surface area contributed by atoms with Crippen molar-refractivity contribution in [2.24, 2.45) is 0 Å². The van der Waals surface area contributed by atoms with E-state index in [2.05, 4.69) is 20.9 Å². The molecule has 1 spiro atoms. The van der Waals surface area contributed by atoms with Gasteiger partial charge in [0.1, 0.15) is 5.52 Å². The molecule has 0 bridgehead atoms. The average molecular weight is 420 g/mol. The van der Waals surface area contributed by atoms with Crippen molar-refractivity contribution in [1.82, 2.24) is 20.5 Å². The molecule has 29 heavy (non-hydrogen) atoms. The third-order valence-corrected chi connectivity index (χ3v) is 6.20. The van der Waals surface area contributed by atoms with Crippen molar-refractivity contribution in [1.29, 1.82) is 0 Å². The number of likely N-dealkylation sites (N-methyl/N-ethyl adjacent to an activating group) is 1. The SMILES string of the molecule is CCN(C)C(=O)CNCc1nc2cc(Cl)c3c(c2o1)C1(CCCCC1)NC(=O)N3. The normalized spacial score (nSPS) is 17.7. The summed E-state index contributed by atoms with van der Waals surface area (Å²) in [5, 5.41) is 9.52. The van der Waals surface area contributed by atoms with Crippen LogP contribution < -0.4 is 16.0 Å². The molecule has 8 nitrogen and oxygen atoms in total. The van der Waals surface area contributed by atoms with Crippen molar-refractivity contribution < 1.29 is 14.0 Å². The molecule has 2 aliphatic rings. The number of carbonyl (C=O) groups excluding carboxylic acids is 2. The Morgan fingerprint density at radius 3 is 2.86 bits per heavy atom. The molecule has 0 unspecified atom stereocenters. The van der Waals surface area contributed by atoms with Gasteiger partial charge in [-0.05, 0) is 25.8 Å². The molecule has 2 heterocycles. The predicted octanol–water partition coefficient (Wildman–Crippen LogP) is 3.34. The number of nitrogens with zero attached hydrogens (tertiary/aromatic N) is 2. The molecule has 3 amide bonds. The summed E-state index contributed by atoms with van der Waals surface area (Å²) in [4.78, 5) is 30.5. The molecule has 9 heteroatoms. The van der Waals surface area contributed by atoms with E-state index in [1.807, 2.05) is 6.92 Å². The quantitative estimate of drug-likeness (QED) is 0.690. The number of nitrogens with one attached hydrogen (secondary N) is 3. The van der Waals surface area contributed by atoms with Crippen molar-refractivity contribution >= 4 is 40.3 Å². The van der Waals surface area contributed by atoms with E-state index in [0.717, 1.165) is 37.7 Å². The number of aromatic nitrogens is 1. The lowest BCUT2D eigenvalue weighted by molar-refractivity contribution is -0.128. The maximum absolute atomic E-state index is 12.3. The lowest BCUT2D eigenvalue weighted by Gasteiger charge is -2.42. The van der Waals surface area contributed by atoms with Crippen molar-refractivity contribution in [2.75, 3.05) is 25.5 Å². The first-order chi connectivity index (χ1) is 13.9. The standard InChI is InChI=1S/C20H26ClN5O3/c1-3-26(2)15(27)11-22-10-14-23-13-9-12(21)17-16(18(13)29-14)20(25-19(28)24-17)7-5-4-6-8-20/h9,22H,3-8,10-11H2,1-2H3,(H2,24,25,28). The number of rotatable bonds is 5. The Balaban J connectivity index is 1.66. The van der Waals surface area contributed by atoms with E-state index in [9.17, 15) is 9.59 Å². The summed E-state index contributed by atoms with van der Waals surface area (Å²) in [6.07, 6.45) is 4.90. The highest BCUT2D eigenvalue weighted by Crippen LogP contribution is 2.48. The van der Waals surface area contributed by atoms with Gasteiger partial charge in [-0.3, -0.25) is 10.1 Å². The second-order valence-electron chi connectivity index (χ2n) is 7.80. The number of hydrogen-bond donors (Lipinski definition) is 3. The van der Waals surface area contributed by atoms with Gasteiger partial charge in [0.2, 0.25) is 11.8 Å². The zero-order valence-electron chi connectivity index (χ0n) is 16.7. The van der Waals surface area contributed by atoms with E-state index < -0.39 is 5.54 Å². The number of urea groups is 1. The molecule has 156 valence electrons. The molecular formula is C20H26ClN5O3. The van der Waals surface area contributed by atoms with E-state index >= 15 is 0 Å². The smallest absolute Gasteiger partial charge is 0.319 e. The highest BCUT2D eigenvalue weighted by atomic mass is 35.5. The van der Waals surface area contributed by atoms with Crippen LogP contribution >= 0.6 is 11.6 Å². The first-order valence-corrected chi connectivity index (χ1v) is 10.5. The number of amides is 3. The summed E-state index contributed by atoms with van der Waals surface area (Å²) in [6, 6.07) is 1.49. The van der Waals surface area contributed by atoms with E-state index in [4.69, 9.17) is 16.0 Å². The number of anilines is 1. The maximum atomic E-state index is 12.3. The number of carbonyl (C=O) groups is 2. The summed E-state index contributed by atoms with van der Waals surface area (Å²) >= 11 is 6.50. The van der Waals surface area contributed by atoms with Crippen LogP contribution in [0.2, 0.25) is 5.02 Å². The van der Waals surface area contributed by atoms with Gasteiger partial charge in [-0.1, -0.05) is 30.9 Å². The molecule has 1 aromatic heterocycles. The minimum Gasteiger partial charge on any atom is -0.439 e. The van der Waals surface area contributed by atoms with Gasteiger partial charge in [0.15, 0.2) is 5.58 Å². The third-order valence-electron chi connectivity index (χ3n) is 5.91. The van der Waals surface area contributed by atoms with E-state index in [1.165, 1.54) is 0 Å². The van der Waals surface area contributed by atoms with Crippen LogP contribution in [0.4, 0.5) is 10.5 Å². The third kappa shape index (κ3) is 3.67. The van der Waals surface area contributed by atoms with E-state index in [0.29, 0.717) is 40.8 Å². The lowest BCUT2D eigenvalue weighted by Crippen LogP contribution is -2.52. The summed E-state index contributed by atoms with van der Waals surface area (Å²) < 4.78 is 6.10. The second kappa shape index (κ2) is 7.84. The van der Waals surface area contributed by atoms with Crippen LogP contribution in [-0.4, -0.2) is 42.0 Å². The van der Waals surface area contributed by atoms with Crippen LogP contribution in [0.15, 0.2) is 10.5 Å². The van der Waals surface area contributed by atoms with Gasteiger partial charge >= 0.3 is 6.03 Å². The number of halogens is 1. The maximum Gasteiger partial charge on any atom is 0.319 e. The molecule has 1 aliphatic carbocycles. The summed E-state index contributed by atoms with van der Waals surface area (Å²) in [7, 11) is 1.77. The Kier molecular flexibility index (Phi) is 5.40. The summed E-state index contributed by atoms with van der Waals surface area (Å²) in [5.74, 6) is 0.497. The highest BCUT2D eigenvalue weighted by molar-refractivity contribution is 6.35. The van der Waals surface area contributed by atoms with Crippen molar-refractivity contribution in [2.45, 2.75) is 51.1 Å². The van der Waals surface area contributed by atoms with Gasteiger partial charge in [-0.15, -0.1) is 0 Å². The number of hydrogen-bond acceptors (Lipinski definition) is 5. The largest absolute Gasteiger partial charge is 0.439 e. The zero-order chi connectivity index (χ0) is 20.6. The molecule has 0 atom stereocenters. The molecular weight excluding hydrogens is 394 g/mol. The van der Waals surface area contributed by atoms with Crippen LogP contribution in [0.3, 0.4) is 0 Å². The highest BCUT2D eigenvalue weighted by Gasteiger charge is 2.44. The van der Waals surface area contributed by atoms with Crippen molar-refractivity contribution in [3.63, 3.8) is 0 Å². The zero-order valence-corrected chi connectivity index (χ0v) is 17.5. The number of oxazole rings is 1. The lowest BCUT2D eigenvalue weighted by atomic mass is 9.74. The number of fused-ring (bicyclic) bond motifs is 4. The fraction of sp³-hybridized carbons (Fsp3) is 0.550. The van der Waals surface area contributed by atoms with Crippen LogP contribution in [0.25, 0.3) is 11.1 Å². The molecule has 1 saturated carbocycles. The monoisotopic (exact) mass is 419 g/mol. The molecule has 4 rings (SSSR count). The van der Waals surface area contributed by atoms with Gasteiger partial charge in [0, 0.05) is 19.2 Å². The first kappa shape index (κ1) is 20.0. The molecule has 2 aromatic rings. The van der Waals surface area contributed by atoms with Gasteiger partial charge in [-0.25, -0.2) is 9.78 Å². The van der Waals surface area contributed by atoms with Gasteiger partial charge < -0.3 is 20.0 Å². The fourth-order valence-electron chi connectivity index (χ4n) is 4.28. The second-order valence-corrected chi connectivity index (χ2v) is 8.20. The van der Waals surface area contributed by atoms with Gasteiger partial charge in [0.25, 0.3) is 0 Å². The Morgan fingerprint density at radius 2 is 2.14 bits per heavy atom. The topological polar surface area (TPSA) is 99.5 Å². The van der Waals surface area contributed by atoms with Crippen molar-refractivity contribution in [3.8, 4) is 0 Å². The van der Waals surface area contributed by atoms with E-state index in [1.54, 1.807) is 18.0 Å². The van der Waals surface area contributed by atoms with Gasteiger partial charge in [0.05, 0.1) is 29.3 Å². The molecule has 0 radical (unpaired) electrons. The van der Waals surface area contributed by atoms with Crippen LogP contribution in [0.5, 0.6) is 0 Å². The van der Waals surface area contributed by atoms with Crippen molar-refractivity contribution in [3.05, 3.63) is 22.5 Å². The Bertz CT molecular complexity index is 951. The number of benzene rings is 1. The molecule has 3 N–H and O–H groups in total. The Hall–Kier alpha value is -2.32. The Labute approximate surface area is 174 Å². The molecule has 0 saturated heterocycles. The molecule has 1 aromatic carbocycles. The van der Waals surface area contributed by atoms with E-state index in [-0.39, 0.29) is 18.5 Å². The fourth-order valence-corrected chi connectivity index (χ4v) is 4.52. The van der Waals surface area contributed by atoms with Gasteiger partial charge in [-0.2, -0.15) is 0 Å². The van der Waals surface area contributed by atoms with Crippen LogP contribution in [0.1, 0.15) is 50.5 Å². The first-order valence-electron chi connectivity index (χ1n) is 10.1. The summed E-state index contributed by atoms with van der Waals surface area (Å²) in [6.45, 7) is 3.13. The summed E-state index contributed by atoms with van der Waals surface area (Å²) in [5.41, 5.74) is 2.32. The van der Waals surface area contributed by atoms with Crippen LogP contribution in [0, 0.1) is 0 Å². The predicted molar refractivity (Wildman–Crippen MR) is 111 cm³/mol. The van der Waals surface area contributed by atoms with Crippen LogP contribution in [-0.2, 0) is 16.9 Å². The molecule has 1 aliphatic heterocycles. The Morgan fingerprint density at radius 1 is 1.38 bits per heavy atom. The minimum atomic E-state index is -0.483.